The van der Waals surface area contributed by atoms with E-state index in [0.29, 0.717) is 16.7 Å². The third-order valence-electron chi connectivity index (χ3n) is 3.81. The smallest absolute Gasteiger partial charge is 0.256 e. The number of aryl methyl sites for hydroxylation is 1. The topological polar surface area (TPSA) is 115 Å². The maximum Gasteiger partial charge on any atom is 0.256 e. The Morgan fingerprint density at radius 1 is 1.54 bits per heavy atom. The zero-order chi connectivity index (χ0) is 19.1. The van der Waals surface area contributed by atoms with Crippen molar-refractivity contribution in [2.75, 3.05) is 13.2 Å². The monoisotopic (exact) mass is 334 g/mol. The van der Waals surface area contributed by atoms with Gasteiger partial charge in [-0.2, -0.15) is 0 Å². The Kier molecular flexibility index (Phi) is 3.77. The first-order chi connectivity index (χ1) is 12.2. The highest BCUT2D eigenvalue weighted by atomic mass is 16.5. The molecule has 1 saturated carbocycles. The number of hydrogen-bond acceptors (Lipinski definition) is 5. The lowest BCUT2D eigenvalue weighted by Crippen LogP contribution is -2.46. The van der Waals surface area contributed by atoms with E-state index in [1.807, 2.05) is 0 Å². The molecule has 7 nitrogen and oxygen atoms in total. The Bertz CT molecular complexity index is 860. The van der Waals surface area contributed by atoms with Gasteiger partial charge in [0.15, 0.2) is 0 Å². The molecule has 1 fully saturated rings. The standard InChI is InChI=1S/C17H20N2O5/c1-9-15(17(22)19-13(7-20)16(18)21)12-6-11(4-5-14(12)24-9)23-8-10-2-3-10/h4-6,10,13,20H,2-3,7-8H2,1H3,(H2,18,21)(H,19,22)/t13-/m0/s1/i8D2. The largest absolute Gasteiger partial charge is 0.493 e. The molecule has 2 amide bonds. The molecule has 2 aromatic rings. The van der Waals surface area contributed by atoms with Gasteiger partial charge in [-0.1, -0.05) is 0 Å². The number of benzene rings is 1. The third-order valence-corrected chi connectivity index (χ3v) is 3.81. The van der Waals surface area contributed by atoms with Gasteiger partial charge in [0.05, 0.1) is 21.5 Å². The average Bonchev–Trinajstić information content (AvgIpc) is 3.36. The molecular formula is C17H20N2O5. The van der Waals surface area contributed by atoms with Gasteiger partial charge in [-0.15, -0.1) is 0 Å². The summed E-state index contributed by atoms with van der Waals surface area (Å²) in [4.78, 5) is 23.8. The highest BCUT2D eigenvalue weighted by molar-refractivity contribution is 6.08. The van der Waals surface area contributed by atoms with Crippen molar-refractivity contribution in [2.45, 2.75) is 25.8 Å². The molecule has 1 aliphatic rings. The molecule has 7 heteroatoms. The summed E-state index contributed by atoms with van der Waals surface area (Å²) in [6, 6.07) is 3.48. The van der Waals surface area contributed by atoms with E-state index < -0.39 is 31.0 Å². The van der Waals surface area contributed by atoms with Gasteiger partial charge < -0.3 is 25.3 Å². The van der Waals surface area contributed by atoms with Crippen LogP contribution in [0.5, 0.6) is 5.75 Å². The number of nitrogens with two attached hydrogens (primary N) is 1. The Balaban J connectivity index is 1.92. The van der Waals surface area contributed by atoms with Crippen LogP contribution in [0.4, 0.5) is 0 Å². The second-order valence-electron chi connectivity index (χ2n) is 5.80. The fourth-order valence-electron chi connectivity index (χ4n) is 2.33. The maximum atomic E-state index is 12.5. The highest BCUT2D eigenvalue weighted by Crippen LogP contribution is 2.32. The van der Waals surface area contributed by atoms with Crippen molar-refractivity contribution in [1.29, 1.82) is 0 Å². The summed E-state index contributed by atoms with van der Waals surface area (Å²) >= 11 is 0. The lowest BCUT2D eigenvalue weighted by molar-refractivity contribution is -0.120. The van der Waals surface area contributed by atoms with E-state index in [1.54, 1.807) is 19.1 Å². The maximum absolute atomic E-state index is 12.5. The van der Waals surface area contributed by atoms with Crippen molar-refractivity contribution in [3.05, 3.63) is 29.5 Å². The lowest BCUT2D eigenvalue weighted by Gasteiger charge is -2.12. The summed E-state index contributed by atoms with van der Waals surface area (Å²) in [6.07, 6.45) is 1.56. The number of hydrogen-bond donors (Lipinski definition) is 3. The quantitative estimate of drug-likeness (QED) is 0.701. The number of fused-ring (bicyclic) bond motifs is 1. The molecule has 24 heavy (non-hydrogen) atoms. The minimum absolute atomic E-state index is 0.132. The van der Waals surface area contributed by atoms with Crippen LogP contribution in [0.15, 0.2) is 22.6 Å². The van der Waals surface area contributed by atoms with Gasteiger partial charge in [0.25, 0.3) is 5.91 Å². The van der Waals surface area contributed by atoms with Crippen molar-refractivity contribution in [2.24, 2.45) is 11.7 Å². The average molecular weight is 334 g/mol. The Morgan fingerprint density at radius 2 is 2.29 bits per heavy atom. The van der Waals surface area contributed by atoms with E-state index >= 15 is 0 Å². The number of aliphatic hydroxyl groups excluding tert-OH is 1. The summed E-state index contributed by atoms with van der Waals surface area (Å²) in [5, 5.41) is 11.9. The van der Waals surface area contributed by atoms with Crippen LogP contribution in [-0.2, 0) is 4.79 Å². The minimum atomic E-state index is -1.77. The zero-order valence-corrected chi connectivity index (χ0v) is 13.2. The van der Waals surface area contributed by atoms with Crippen LogP contribution in [0.2, 0.25) is 0 Å². The van der Waals surface area contributed by atoms with Crippen LogP contribution >= 0.6 is 0 Å². The lowest BCUT2D eigenvalue weighted by atomic mass is 10.1. The number of carbonyl (C=O) groups is 2. The Labute approximate surface area is 141 Å². The van der Waals surface area contributed by atoms with Crippen LogP contribution in [0, 0.1) is 12.8 Å². The van der Waals surface area contributed by atoms with Crippen molar-refractivity contribution in [1.82, 2.24) is 5.32 Å². The fourth-order valence-corrected chi connectivity index (χ4v) is 2.33. The first-order valence-corrected chi connectivity index (χ1v) is 7.66. The molecule has 1 aromatic carbocycles. The molecule has 0 aliphatic heterocycles. The Morgan fingerprint density at radius 3 is 2.92 bits per heavy atom. The van der Waals surface area contributed by atoms with Crippen molar-refractivity contribution < 1.29 is 26.6 Å². The predicted octanol–water partition coefficient (Wildman–Crippen LogP) is 1.11. The van der Waals surface area contributed by atoms with Gasteiger partial charge in [0.1, 0.15) is 23.1 Å². The predicted molar refractivity (Wildman–Crippen MR) is 86.7 cm³/mol. The second kappa shape index (κ2) is 6.52. The van der Waals surface area contributed by atoms with Crippen molar-refractivity contribution in [3.63, 3.8) is 0 Å². The SMILES string of the molecule is [2H]C([2H])(Oc1ccc2oc(C)c(C(=O)N[C@@H](CO)C(N)=O)c2c1)C1CC1. The van der Waals surface area contributed by atoms with Crippen LogP contribution in [0.25, 0.3) is 11.0 Å². The van der Waals surface area contributed by atoms with Gasteiger partial charge in [-0.3, -0.25) is 9.59 Å². The first kappa shape index (κ1) is 13.9. The number of furan rings is 1. The number of ether oxygens (including phenoxy) is 1. The zero-order valence-electron chi connectivity index (χ0n) is 15.2. The van der Waals surface area contributed by atoms with Gasteiger partial charge in [0, 0.05) is 5.39 Å². The number of amides is 2. The van der Waals surface area contributed by atoms with Crippen molar-refractivity contribution in [3.8, 4) is 5.75 Å². The highest BCUT2D eigenvalue weighted by Gasteiger charge is 2.24. The molecular weight excluding hydrogens is 312 g/mol. The minimum Gasteiger partial charge on any atom is -0.493 e. The molecule has 1 aromatic heterocycles. The van der Waals surface area contributed by atoms with E-state index in [4.69, 9.17) is 22.7 Å². The summed E-state index contributed by atoms with van der Waals surface area (Å²) < 4.78 is 26.9. The van der Waals surface area contributed by atoms with Gasteiger partial charge in [-0.25, -0.2) is 0 Å². The number of aliphatic hydroxyl groups is 1. The summed E-state index contributed by atoms with van der Waals surface area (Å²) in [5.41, 5.74) is 5.73. The molecule has 0 bridgehead atoms. The second-order valence-corrected chi connectivity index (χ2v) is 5.80. The van der Waals surface area contributed by atoms with Gasteiger partial charge in [0.2, 0.25) is 5.91 Å². The summed E-state index contributed by atoms with van der Waals surface area (Å²) in [7, 11) is 0. The normalized spacial score (nSPS) is 17.1. The van der Waals surface area contributed by atoms with E-state index in [-0.39, 0.29) is 17.2 Å². The molecule has 1 aliphatic carbocycles. The van der Waals surface area contributed by atoms with E-state index in [0.717, 1.165) is 12.8 Å². The number of rotatable bonds is 7. The molecule has 1 heterocycles. The molecule has 0 radical (unpaired) electrons. The molecule has 4 N–H and O–H groups in total. The molecule has 0 unspecified atom stereocenters. The summed E-state index contributed by atoms with van der Waals surface area (Å²) in [5.74, 6) is -1.01. The molecule has 1 atom stereocenters. The molecule has 0 spiro atoms. The fraction of sp³-hybridized carbons (Fsp3) is 0.412. The van der Waals surface area contributed by atoms with Gasteiger partial charge in [-0.05, 0) is 43.9 Å². The molecule has 128 valence electrons. The van der Waals surface area contributed by atoms with E-state index in [2.05, 4.69) is 5.32 Å². The van der Waals surface area contributed by atoms with Crippen LogP contribution in [0.3, 0.4) is 0 Å². The number of carbonyl (C=O) groups excluding carboxylic acids is 2. The van der Waals surface area contributed by atoms with E-state index in [9.17, 15) is 9.59 Å². The van der Waals surface area contributed by atoms with Gasteiger partial charge >= 0.3 is 0 Å². The third kappa shape index (κ3) is 3.35. The molecule has 0 saturated heterocycles. The first-order valence-electron chi connectivity index (χ1n) is 8.66. The van der Waals surface area contributed by atoms with Crippen molar-refractivity contribution >= 4 is 22.8 Å². The summed E-state index contributed by atoms with van der Waals surface area (Å²) in [6.45, 7) is -0.800. The molecule has 3 rings (SSSR count). The number of primary amides is 1. The van der Waals surface area contributed by atoms with Crippen LogP contribution < -0.4 is 15.8 Å². The van der Waals surface area contributed by atoms with Crippen LogP contribution in [0.1, 0.15) is 31.7 Å². The van der Waals surface area contributed by atoms with Crippen LogP contribution in [-0.4, -0.2) is 36.1 Å². The Hall–Kier alpha value is -2.54. The van der Waals surface area contributed by atoms with E-state index in [1.165, 1.54) is 6.07 Å². The number of nitrogens with one attached hydrogen (secondary N) is 1.